The molecule has 2 unspecified atom stereocenters. The Hall–Kier alpha value is -3.73. The zero-order valence-electron chi connectivity index (χ0n) is 19.8. The average Bonchev–Trinajstić information content (AvgIpc) is 2.87. The molecule has 0 aromatic heterocycles. The fraction of sp³-hybridized carbons (Fsp3) is 0.259. The lowest BCUT2D eigenvalue weighted by molar-refractivity contribution is 0.0733. The van der Waals surface area contributed by atoms with Gasteiger partial charge in [0.25, 0.3) is 0 Å². The molecule has 180 valence electrons. The fourth-order valence-corrected chi connectivity index (χ4v) is 4.45. The molecule has 0 spiro atoms. The molecule has 3 aromatic rings. The molecule has 1 heterocycles. The second-order valence-corrected chi connectivity index (χ2v) is 9.03. The van der Waals surface area contributed by atoms with Gasteiger partial charge in [-0.25, -0.2) is 4.79 Å². The highest BCUT2D eigenvalue weighted by Gasteiger charge is 2.34. The Kier molecular flexibility index (Phi) is 7.76. The minimum absolute atomic E-state index is 0.185. The summed E-state index contributed by atoms with van der Waals surface area (Å²) in [5.41, 5.74) is 4.68. The molecule has 8 heteroatoms. The van der Waals surface area contributed by atoms with Crippen LogP contribution in [0.5, 0.6) is 0 Å². The second-order valence-electron chi connectivity index (χ2n) is 8.63. The number of para-hydroxylation sites is 1. The lowest BCUT2D eigenvalue weighted by atomic mass is 10.0. The van der Waals surface area contributed by atoms with Gasteiger partial charge in [0.2, 0.25) is 0 Å². The number of hydrogen-bond acceptors (Lipinski definition) is 5. The Bertz CT molecular complexity index is 1210. The van der Waals surface area contributed by atoms with Gasteiger partial charge in [-0.3, -0.25) is 10.2 Å². The van der Waals surface area contributed by atoms with Crippen molar-refractivity contribution in [3.8, 4) is 6.19 Å². The van der Waals surface area contributed by atoms with Crippen molar-refractivity contribution in [2.24, 2.45) is 0 Å². The molecule has 0 aliphatic carbocycles. The van der Waals surface area contributed by atoms with E-state index in [0.717, 1.165) is 22.4 Å². The Morgan fingerprint density at radius 3 is 2.49 bits per heavy atom. The number of nitrogens with one attached hydrogen (secondary N) is 3. The van der Waals surface area contributed by atoms with Crippen LogP contribution in [0.4, 0.5) is 16.2 Å². The first-order chi connectivity index (χ1) is 17.0. The molecule has 3 aromatic carbocycles. The zero-order valence-corrected chi connectivity index (χ0v) is 20.6. The quantitative estimate of drug-likeness (QED) is 0.248. The van der Waals surface area contributed by atoms with E-state index < -0.39 is 6.29 Å². The number of halogens is 1. The molecule has 35 heavy (non-hydrogen) atoms. The van der Waals surface area contributed by atoms with Crippen LogP contribution in [-0.4, -0.2) is 41.8 Å². The van der Waals surface area contributed by atoms with Crippen LogP contribution in [0.1, 0.15) is 22.7 Å². The van der Waals surface area contributed by atoms with Crippen molar-refractivity contribution < 1.29 is 4.79 Å². The van der Waals surface area contributed by atoms with E-state index >= 15 is 0 Å². The number of urea groups is 1. The van der Waals surface area contributed by atoms with Crippen LogP contribution in [0.15, 0.2) is 72.8 Å². The number of anilines is 2. The predicted octanol–water partition coefficient (Wildman–Crippen LogP) is 5.31. The van der Waals surface area contributed by atoms with E-state index in [1.807, 2.05) is 85.5 Å². The van der Waals surface area contributed by atoms with E-state index in [0.29, 0.717) is 30.3 Å². The Balaban J connectivity index is 1.56. The third-order valence-electron chi connectivity index (χ3n) is 6.28. The second kappa shape index (κ2) is 11.1. The number of piperazine rings is 1. The van der Waals surface area contributed by atoms with E-state index in [9.17, 15) is 10.1 Å². The first-order valence-electron chi connectivity index (χ1n) is 11.6. The summed E-state index contributed by atoms with van der Waals surface area (Å²) in [6.07, 6.45) is 1.67. The van der Waals surface area contributed by atoms with Crippen molar-refractivity contribution in [3.05, 3.63) is 94.5 Å². The first-order valence-corrected chi connectivity index (χ1v) is 11.9. The molecule has 0 bridgehead atoms. The standard InChI is InChI=1S/C27H29ClN6O/c1-19-12-13-22(16-23(19)28)31-27(35)34-15-14-33(17-25(34)21-9-4-3-5-10-21)26(30-18-29)32-24-11-7-6-8-20(24)2/h3-13,16,25-26,30,32H,14-15,17H2,1-2H3,(H,31,35). The monoisotopic (exact) mass is 488 g/mol. The van der Waals surface area contributed by atoms with Crippen molar-refractivity contribution in [3.63, 3.8) is 0 Å². The maximum absolute atomic E-state index is 13.4. The van der Waals surface area contributed by atoms with Crippen LogP contribution >= 0.6 is 11.6 Å². The number of nitriles is 1. The van der Waals surface area contributed by atoms with Crippen LogP contribution < -0.4 is 16.0 Å². The van der Waals surface area contributed by atoms with Gasteiger partial charge >= 0.3 is 6.03 Å². The Morgan fingerprint density at radius 2 is 1.77 bits per heavy atom. The third kappa shape index (κ3) is 5.86. The van der Waals surface area contributed by atoms with Gasteiger partial charge in [-0.2, -0.15) is 5.26 Å². The van der Waals surface area contributed by atoms with Crippen molar-refractivity contribution in [2.75, 3.05) is 30.3 Å². The average molecular weight is 489 g/mol. The van der Waals surface area contributed by atoms with Gasteiger partial charge in [0, 0.05) is 36.0 Å². The number of nitrogens with zero attached hydrogens (tertiary/aromatic N) is 3. The van der Waals surface area contributed by atoms with E-state index in [2.05, 4.69) is 27.0 Å². The summed E-state index contributed by atoms with van der Waals surface area (Å²) in [5, 5.41) is 19.4. The molecule has 1 fully saturated rings. The Labute approximate surface area is 211 Å². The van der Waals surface area contributed by atoms with Gasteiger partial charge in [-0.05, 0) is 48.7 Å². The molecule has 3 N–H and O–H groups in total. The lowest BCUT2D eigenvalue weighted by Gasteiger charge is -2.44. The molecule has 0 saturated carbocycles. The predicted molar refractivity (Wildman–Crippen MR) is 140 cm³/mol. The molecule has 1 saturated heterocycles. The van der Waals surface area contributed by atoms with E-state index in [1.54, 1.807) is 6.07 Å². The molecular formula is C27H29ClN6O. The van der Waals surface area contributed by atoms with E-state index in [-0.39, 0.29) is 12.1 Å². The number of amides is 2. The SMILES string of the molecule is Cc1ccc(NC(=O)N2CCN(C(NC#N)Nc3ccccc3C)CC2c2ccccc2)cc1Cl. The molecule has 2 amide bonds. The smallest absolute Gasteiger partial charge is 0.322 e. The third-order valence-corrected chi connectivity index (χ3v) is 6.69. The molecular weight excluding hydrogens is 460 g/mol. The number of aryl methyl sites for hydroxylation is 2. The van der Waals surface area contributed by atoms with Crippen molar-refractivity contribution in [2.45, 2.75) is 26.2 Å². The molecule has 1 aliphatic rings. The summed E-state index contributed by atoms with van der Waals surface area (Å²) >= 11 is 6.26. The highest BCUT2D eigenvalue weighted by Crippen LogP contribution is 2.28. The highest BCUT2D eigenvalue weighted by atomic mass is 35.5. The number of carbonyl (C=O) groups excluding carboxylic acids is 1. The summed E-state index contributed by atoms with van der Waals surface area (Å²) in [4.78, 5) is 17.4. The minimum atomic E-state index is -0.409. The van der Waals surface area contributed by atoms with E-state index in [1.165, 1.54) is 0 Å². The van der Waals surface area contributed by atoms with Crippen LogP contribution in [0.3, 0.4) is 0 Å². The van der Waals surface area contributed by atoms with Crippen LogP contribution in [-0.2, 0) is 0 Å². The number of benzene rings is 3. The topological polar surface area (TPSA) is 83.4 Å². The van der Waals surface area contributed by atoms with Crippen molar-refractivity contribution >= 4 is 29.0 Å². The van der Waals surface area contributed by atoms with Crippen LogP contribution in [0.2, 0.25) is 5.02 Å². The highest BCUT2D eigenvalue weighted by molar-refractivity contribution is 6.31. The maximum atomic E-state index is 13.4. The van der Waals surface area contributed by atoms with Crippen molar-refractivity contribution in [1.29, 1.82) is 5.26 Å². The summed E-state index contributed by atoms with van der Waals surface area (Å²) in [5.74, 6) is 0. The van der Waals surface area contributed by atoms with Crippen LogP contribution in [0, 0.1) is 25.3 Å². The molecule has 2 atom stereocenters. The maximum Gasteiger partial charge on any atom is 0.322 e. The largest absolute Gasteiger partial charge is 0.352 e. The van der Waals surface area contributed by atoms with Crippen molar-refractivity contribution in [1.82, 2.24) is 15.1 Å². The molecule has 0 radical (unpaired) electrons. The summed E-state index contributed by atoms with van der Waals surface area (Å²) in [6, 6.07) is 23.0. The molecule has 4 rings (SSSR count). The molecule has 1 aliphatic heterocycles. The van der Waals surface area contributed by atoms with Gasteiger partial charge in [-0.15, -0.1) is 0 Å². The summed E-state index contributed by atoms with van der Waals surface area (Å²) < 4.78 is 0. The molecule has 7 nitrogen and oxygen atoms in total. The van der Waals surface area contributed by atoms with E-state index in [4.69, 9.17) is 11.6 Å². The first kappa shape index (κ1) is 24.4. The fourth-order valence-electron chi connectivity index (χ4n) is 4.27. The number of rotatable bonds is 6. The lowest BCUT2D eigenvalue weighted by Crippen LogP contribution is -2.59. The number of hydrogen-bond donors (Lipinski definition) is 3. The zero-order chi connectivity index (χ0) is 24.8. The van der Waals surface area contributed by atoms with Crippen LogP contribution in [0.25, 0.3) is 0 Å². The summed E-state index contributed by atoms with van der Waals surface area (Å²) in [7, 11) is 0. The van der Waals surface area contributed by atoms with Gasteiger partial charge in [0.1, 0.15) is 0 Å². The normalized spacial score (nSPS) is 16.7. The minimum Gasteiger partial charge on any atom is -0.352 e. The number of carbonyl (C=O) groups is 1. The summed E-state index contributed by atoms with van der Waals surface area (Å²) in [6.45, 7) is 5.57. The van der Waals surface area contributed by atoms with Gasteiger partial charge in [-0.1, -0.05) is 66.2 Å². The Morgan fingerprint density at radius 1 is 1.03 bits per heavy atom. The van der Waals surface area contributed by atoms with Gasteiger partial charge in [0.15, 0.2) is 12.5 Å². The van der Waals surface area contributed by atoms with Gasteiger partial charge in [0.05, 0.1) is 6.04 Å². The van der Waals surface area contributed by atoms with Gasteiger partial charge < -0.3 is 15.5 Å².